The number of rotatable bonds is 1. The summed E-state index contributed by atoms with van der Waals surface area (Å²) in [4.78, 5) is 2.58. The zero-order chi connectivity index (χ0) is 13.4. The van der Waals surface area contributed by atoms with Crippen LogP contribution in [0.5, 0.6) is 0 Å². The second-order valence-electron chi connectivity index (χ2n) is 6.17. The van der Waals surface area contributed by atoms with Crippen molar-refractivity contribution in [3.8, 4) is 0 Å². The van der Waals surface area contributed by atoms with Gasteiger partial charge in [-0.05, 0) is 54.4 Å². The second kappa shape index (κ2) is 4.97. The standard InChI is InChI=1S/C19H21N/c1-2-7-17(8-3-1)20-13-12-19-16(14-20)11-10-15-6-4-5-9-18(15)19/h1-9,16,19H,10-14H2. The van der Waals surface area contributed by atoms with E-state index < -0.39 is 0 Å². The highest BCUT2D eigenvalue weighted by molar-refractivity contribution is 5.47. The fraction of sp³-hybridized carbons (Fsp3) is 0.368. The van der Waals surface area contributed by atoms with E-state index in [0.29, 0.717) is 0 Å². The van der Waals surface area contributed by atoms with E-state index >= 15 is 0 Å². The first-order valence-corrected chi connectivity index (χ1v) is 7.79. The third kappa shape index (κ3) is 2.02. The number of hydrogen-bond donors (Lipinski definition) is 0. The van der Waals surface area contributed by atoms with Crippen LogP contribution in [0, 0.1) is 5.92 Å². The van der Waals surface area contributed by atoms with Gasteiger partial charge in [-0.1, -0.05) is 42.5 Å². The third-order valence-electron chi connectivity index (χ3n) is 5.09. The lowest BCUT2D eigenvalue weighted by Gasteiger charge is -2.43. The van der Waals surface area contributed by atoms with Crippen LogP contribution in [0.4, 0.5) is 5.69 Å². The molecule has 1 saturated heterocycles. The van der Waals surface area contributed by atoms with Gasteiger partial charge in [0.25, 0.3) is 0 Å². The van der Waals surface area contributed by atoms with E-state index in [9.17, 15) is 0 Å². The third-order valence-corrected chi connectivity index (χ3v) is 5.09. The van der Waals surface area contributed by atoms with Crippen molar-refractivity contribution in [1.29, 1.82) is 0 Å². The summed E-state index contributed by atoms with van der Waals surface area (Å²) in [5, 5.41) is 0. The Labute approximate surface area is 121 Å². The molecule has 1 nitrogen and oxygen atoms in total. The van der Waals surface area contributed by atoms with Crippen molar-refractivity contribution < 1.29 is 0 Å². The molecule has 0 bridgehead atoms. The summed E-state index contributed by atoms with van der Waals surface area (Å²) >= 11 is 0. The SMILES string of the molecule is c1ccc(N2CCC3c4ccccc4CCC3C2)cc1. The molecule has 1 aliphatic carbocycles. The van der Waals surface area contributed by atoms with Gasteiger partial charge in [0.05, 0.1) is 0 Å². The molecule has 2 aliphatic rings. The predicted molar refractivity (Wildman–Crippen MR) is 84.3 cm³/mol. The normalized spacial score (nSPS) is 24.9. The lowest BCUT2D eigenvalue weighted by Crippen LogP contribution is -2.41. The van der Waals surface area contributed by atoms with Crippen LogP contribution < -0.4 is 4.90 Å². The highest BCUT2D eigenvalue weighted by Gasteiger charge is 2.34. The van der Waals surface area contributed by atoms with Crippen molar-refractivity contribution in [1.82, 2.24) is 0 Å². The molecule has 2 aromatic rings. The minimum atomic E-state index is 0.792. The Morgan fingerprint density at radius 3 is 2.55 bits per heavy atom. The van der Waals surface area contributed by atoms with Crippen LogP contribution in [0.25, 0.3) is 0 Å². The molecule has 20 heavy (non-hydrogen) atoms. The van der Waals surface area contributed by atoms with Gasteiger partial charge >= 0.3 is 0 Å². The zero-order valence-electron chi connectivity index (χ0n) is 11.8. The maximum absolute atomic E-state index is 2.58. The number of para-hydroxylation sites is 1. The summed E-state index contributed by atoms with van der Waals surface area (Å²) in [6.45, 7) is 2.42. The van der Waals surface area contributed by atoms with Crippen LogP contribution in [0.1, 0.15) is 29.9 Å². The minimum Gasteiger partial charge on any atom is -0.371 e. The van der Waals surface area contributed by atoms with Gasteiger partial charge in [0.15, 0.2) is 0 Å². The largest absolute Gasteiger partial charge is 0.371 e. The van der Waals surface area contributed by atoms with Crippen molar-refractivity contribution in [2.24, 2.45) is 5.92 Å². The quantitative estimate of drug-likeness (QED) is 0.743. The van der Waals surface area contributed by atoms with E-state index in [0.717, 1.165) is 11.8 Å². The molecule has 0 aromatic heterocycles. The van der Waals surface area contributed by atoms with E-state index in [4.69, 9.17) is 0 Å². The highest BCUT2D eigenvalue weighted by Crippen LogP contribution is 2.42. The van der Waals surface area contributed by atoms with E-state index in [1.54, 1.807) is 11.1 Å². The molecule has 1 heterocycles. The molecular formula is C19H21N. The molecule has 0 N–H and O–H groups in total. The number of aryl methyl sites for hydroxylation is 1. The van der Waals surface area contributed by atoms with Gasteiger partial charge < -0.3 is 4.90 Å². The first-order chi connectivity index (χ1) is 9.92. The Kier molecular flexibility index (Phi) is 2.99. The number of benzene rings is 2. The molecule has 2 aromatic carbocycles. The molecule has 1 heteroatoms. The maximum atomic E-state index is 2.58. The van der Waals surface area contributed by atoms with Crippen LogP contribution in [0.3, 0.4) is 0 Å². The van der Waals surface area contributed by atoms with Gasteiger partial charge in [0, 0.05) is 18.8 Å². The molecule has 0 saturated carbocycles. The van der Waals surface area contributed by atoms with Gasteiger partial charge in [0.1, 0.15) is 0 Å². The Hall–Kier alpha value is -1.76. The molecule has 102 valence electrons. The van der Waals surface area contributed by atoms with Gasteiger partial charge in [-0.15, -0.1) is 0 Å². The molecule has 0 amide bonds. The molecular weight excluding hydrogens is 242 g/mol. The molecule has 1 fully saturated rings. The number of nitrogens with zero attached hydrogens (tertiary/aromatic N) is 1. The van der Waals surface area contributed by atoms with Crippen molar-refractivity contribution in [2.75, 3.05) is 18.0 Å². The Morgan fingerprint density at radius 1 is 0.850 bits per heavy atom. The number of hydrogen-bond acceptors (Lipinski definition) is 1. The molecule has 2 atom stereocenters. The molecule has 4 rings (SSSR count). The smallest absolute Gasteiger partial charge is 0.0366 e. The Bertz CT molecular complexity index is 590. The van der Waals surface area contributed by atoms with Gasteiger partial charge in [-0.2, -0.15) is 0 Å². The van der Waals surface area contributed by atoms with Crippen molar-refractivity contribution >= 4 is 5.69 Å². The fourth-order valence-electron chi connectivity index (χ4n) is 4.07. The first kappa shape index (κ1) is 12.0. The van der Waals surface area contributed by atoms with E-state index in [-0.39, 0.29) is 0 Å². The molecule has 0 spiro atoms. The number of piperidine rings is 1. The lowest BCUT2D eigenvalue weighted by atomic mass is 9.71. The zero-order valence-corrected chi connectivity index (χ0v) is 11.8. The predicted octanol–water partition coefficient (Wildman–Crippen LogP) is 4.24. The fourth-order valence-corrected chi connectivity index (χ4v) is 4.07. The molecule has 1 aliphatic heterocycles. The number of anilines is 1. The van der Waals surface area contributed by atoms with Crippen LogP contribution in [-0.4, -0.2) is 13.1 Å². The summed E-state index contributed by atoms with van der Waals surface area (Å²) in [5.41, 5.74) is 4.63. The summed E-state index contributed by atoms with van der Waals surface area (Å²) in [6.07, 6.45) is 3.92. The number of fused-ring (bicyclic) bond motifs is 3. The van der Waals surface area contributed by atoms with Crippen LogP contribution in [-0.2, 0) is 6.42 Å². The van der Waals surface area contributed by atoms with E-state index in [1.165, 1.54) is 38.0 Å². The second-order valence-corrected chi connectivity index (χ2v) is 6.17. The van der Waals surface area contributed by atoms with E-state index in [1.807, 2.05) is 0 Å². The summed E-state index contributed by atoms with van der Waals surface area (Å²) in [5.74, 6) is 1.62. The van der Waals surface area contributed by atoms with E-state index in [2.05, 4.69) is 59.5 Å². The maximum Gasteiger partial charge on any atom is 0.0366 e. The van der Waals surface area contributed by atoms with Gasteiger partial charge in [-0.3, -0.25) is 0 Å². The van der Waals surface area contributed by atoms with Crippen LogP contribution in [0.15, 0.2) is 54.6 Å². The average molecular weight is 263 g/mol. The Morgan fingerprint density at radius 2 is 1.65 bits per heavy atom. The molecule has 2 unspecified atom stereocenters. The van der Waals surface area contributed by atoms with Crippen molar-refractivity contribution in [3.63, 3.8) is 0 Å². The lowest BCUT2D eigenvalue weighted by molar-refractivity contribution is 0.319. The molecule has 0 radical (unpaired) electrons. The van der Waals surface area contributed by atoms with Gasteiger partial charge in [-0.25, -0.2) is 0 Å². The topological polar surface area (TPSA) is 3.24 Å². The van der Waals surface area contributed by atoms with Crippen molar-refractivity contribution in [3.05, 3.63) is 65.7 Å². The minimum absolute atomic E-state index is 0.792. The van der Waals surface area contributed by atoms with Gasteiger partial charge in [0.2, 0.25) is 0 Å². The van der Waals surface area contributed by atoms with Crippen molar-refractivity contribution in [2.45, 2.75) is 25.2 Å². The monoisotopic (exact) mass is 263 g/mol. The first-order valence-electron chi connectivity index (χ1n) is 7.79. The highest BCUT2D eigenvalue weighted by atomic mass is 15.1. The summed E-state index contributed by atoms with van der Waals surface area (Å²) in [7, 11) is 0. The summed E-state index contributed by atoms with van der Waals surface area (Å²) in [6, 6.07) is 20.0. The average Bonchev–Trinajstić information content (AvgIpc) is 2.55. The summed E-state index contributed by atoms with van der Waals surface area (Å²) < 4.78 is 0. The van der Waals surface area contributed by atoms with Crippen LogP contribution in [0.2, 0.25) is 0 Å². The van der Waals surface area contributed by atoms with Crippen LogP contribution >= 0.6 is 0 Å². The Balaban J connectivity index is 1.58.